The molecule has 0 atom stereocenters. The van der Waals surface area contributed by atoms with Crippen LogP contribution < -0.4 is 4.72 Å². The molecule has 3 rings (SSSR count). The van der Waals surface area contributed by atoms with E-state index in [1.54, 1.807) is 0 Å². The summed E-state index contributed by atoms with van der Waals surface area (Å²) in [5, 5.41) is 0. The normalized spacial score (nSPS) is 19.0. The zero-order valence-electron chi connectivity index (χ0n) is 13.2. The Morgan fingerprint density at radius 1 is 1.00 bits per heavy atom. The van der Waals surface area contributed by atoms with Crippen LogP contribution in [0.1, 0.15) is 22.3 Å². The third kappa shape index (κ3) is 2.60. The Morgan fingerprint density at radius 2 is 1.76 bits per heavy atom. The molecule has 1 aliphatic heterocycles. The molecule has 110 valence electrons. The van der Waals surface area contributed by atoms with Crippen molar-refractivity contribution in [3.05, 3.63) is 64.7 Å². The monoisotopic (exact) mass is 297 g/mol. The summed E-state index contributed by atoms with van der Waals surface area (Å²) in [6.07, 6.45) is 10.3. The van der Waals surface area contributed by atoms with Crippen molar-refractivity contribution in [1.29, 1.82) is 0 Å². The molecule has 2 aromatic rings. The number of anilines is 1. The fraction of sp³-hybridized carbons (Fsp3) is 0.263. The molecule has 0 aliphatic carbocycles. The highest BCUT2D eigenvalue weighted by Crippen LogP contribution is 2.52. The van der Waals surface area contributed by atoms with Gasteiger partial charge in [0.25, 0.3) is 0 Å². The van der Waals surface area contributed by atoms with Gasteiger partial charge < -0.3 is 4.72 Å². The van der Waals surface area contributed by atoms with Crippen LogP contribution in [-0.2, 0) is 6.42 Å². The maximum absolute atomic E-state index is 3.81. The molecular weight excluding hydrogens is 274 g/mol. The Balaban J connectivity index is 2.20. The van der Waals surface area contributed by atoms with Gasteiger partial charge in [0, 0.05) is 4.90 Å². The van der Waals surface area contributed by atoms with Crippen molar-refractivity contribution in [2.45, 2.75) is 25.2 Å². The molecule has 1 heterocycles. The van der Waals surface area contributed by atoms with Gasteiger partial charge in [-0.2, -0.15) is 0 Å². The van der Waals surface area contributed by atoms with Crippen LogP contribution in [0, 0.1) is 13.8 Å². The second-order valence-electron chi connectivity index (χ2n) is 6.11. The van der Waals surface area contributed by atoms with Crippen molar-refractivity contribution in [2.75, 3.05) is 17.2 Å². The largest absolute Gasteiger partial charge is 0.343 e. The summed E-state index contributed by atoms with van der Waals surface area (Å²) < 4.78 is 3.81. The van der Waals surface area contributed by atoms with Gasteiger partial charge in [0.15, 0.2) is 0 Å². The summed E-state index contributed by atoms with van der Waals surface area (Å²) in [5.41, 5.74) is 6.83. The van der Waals surface area contributed by atoms with Crippen molar-refractivity contribution in [2.24, 2.45) is 0 Å². The first-order valence-electron chi connectivity index (χ1n) is 7.35. The van der Waals surface area contributed by atoms with Gasteiger partial charge in [-0.05, 0) is 67.2 Å². The second kappa shape index (κ2) is 5.27. The summed E-state index contributed by atoms with van der Waals surface area (Å²) in [7, 11) is -1.07. The van der Waals surface area contributed by atoms with Gasteiger partial charge in [-0.15, -0.1) is 10.2 Å². The molecule has 0 radical (unpaired) electrons. The van der Waals surface area contributed by atoms with Crippen LogP contribution in [0.3, 0.4) is 0 Å². The van der Waals surface area contributed by atoms with Crippen molar-refractivity contribution >= 4 is 22.0 Å². The number of allylic oxidation sites excluding steroid dienone is 1. The van der Waals surface area contributed by atoms with Gasteiger partial charge in [-0.25, -0.2) is 0 Å². The molecule has 2 aromatic carbocycles. The molecule has 0 amide bonds. The Bertz CT molecular complexity index is 714. The van der Waals surface area contributed by atoms with E-state index in [4.69, 9.17) is 0 Å². The molecule has 1 N–H and O–H groups in total. The Hall–Kier alpha value is -1.67. The fourth-order valence-corrected chi connectivity index (χ4v) is 5.06. The van der Waals surface area contributed by atoms with E-state index >= 15 is 0 Å². The summed E-state index contributed by atoms with van der Waals surface area (Å²) in [4.78, 5) is 1.48. The van der Waals surface area contributed by atoms with Crippen LogP contribution in [0.25, 0.3) is 6.08 Å². The van der Waals surface area contributed by atoms with Crippen molar-refractivity contribution < 1.29 is 0 Å². The van der Waals surface area contributed by atoms with Gasteiger partial charge in [-0.1, -0.05) is 36.4 Å². The number of nitrogens with one attached hydrogen (secondary N) is 1. The maximum atomic E-state index is 3.81. The van der Waals surface area contributed by atoms with E-state index in [2.05, 4.69) is 79.6 Å². The van der Waals surface area contributed by atoms with E-state index < -0.39 is 10.2 Å². The third-order valence-corrected chi connectivity index (χ3v) is 6.53. The highest BCUT2D eigenvalue weighted by Gasteiger charge is 2.21. The molecular formula is C19H23NS. The lowest BCUT2D eigenvalue weighted by atomic mass is 10.0. The molecule has 0 fully saturated rings. The predicted molar refractivity (Wildman–Crippen MR) is 96.4 cm³/mol. The Morgan fingerprint density at radius 3 is 2.57 bits per heavy atom. The van der Waals surface area contributed by atoms with E-state index in [0.29, 0.717) is 0 Å². The second-order valence-corrected chi connectivity index (χ2v) is 9.40. The van der Waals surface area contributed by atoms with Crippen LogP contribution in [0.2, 0.25) is 0 Å². The van der Waals surface area contributed by atoms with Gasteiger partial charge >= 0.3 is 0 Å². The molecule has 0 saturated carbocycles. The lowest BCUT2D eigenvalue weighted by Crippen LogP contribution is -2.11. The quantitative estimate of drug-likeness (QED) is 0.693. The first-order valence-corrected chi connectivity index (χ1v) is 9.80. The van der Waals surface area contributed by atoms with Gasteiger partial charge in [0.2, 0.25) is 0 Å². The highest BCUT2D eigenvalue weighted by molar-refractivity contribution is 8.33. The number of hydrogen-bond donors (Lipinski definition) is 1. The summed E-state index contributed by atoms with van der Waals surface area (Å²) in [6, 6.07) is 13.2. The molecule has 1 aliphatic rings. The number of para-hydroxylation sites is 1. The summed E-state index contributed by atoms with van der Waals surface area (Å²) in [6.45, 7) is 4.46. The molecule has 0 spiro atoms. The van der Waals surface area contributed by atoms with Crippen LogP contribution in [0.15, 0.2) is 47.4 Å². The summed E-state index contributed by atoms with van der Waals surface area (Å²) >= 11 is 0. The Kier molecular flexibility index (Phi) is 3.58. The number of fused-ring (bicyclic) bond motifs is 2. The smallest absolute Gasteiger partial charge is 0.0502 e. The van der Waals surface area contributed by atoms with Crippen molar-refractivity contribution in [1.82, 2.24) is 0 Å². The number of aryl methyl sites for hydroxylation is 1. The van der Waals surface area contributed by atoms with Gasteiger partial charge in [0.05, 0.1) is 5.69 Å². The van der Waals surface area contributed by atoms with Crippen LogP contribution in [-0.4, -0.2) is 12.5 Å². The van der Waals surface area contributed by atoms with Crippen LogP contribution in [0.5, 0.6) is 0 Å². The average Bonchev–Trinajstić information content (AvgIpc) is 2.49. The Labute approximate surface area is 129 Å². The van der Waals surface area contributed by atoms with E-state index in [-0.39, 0.29) is 0 Å². The number of benzene rings is 2. The average molecular weight is 297 g/mol. The van der Waals surface area contributed by atoms with Gasteiger partial charge in [-0.3, -0.25) is 0 Å². The molecule has 0 aromatic heterocycles. The molecule has 2 heteroatoms. The van der Waals surface area contributed by atoms with E-state index in [1.165, 1.54) is 32.8 Å². The lowest BCUT2D eigenvalue weighted by molar-refractivity contribution is 1.11. The molecule has 1 nitrogen and oxygen atoms in total. The minimum Gasteiger partial charge on any atom is -0.343 e. The lowest BCUT2D eigenvalue weighted by Gasteiger charge is -2.36. The zero-order valence-corrected chi connectivity index (χ0v) is 14.1. The zero-order chi connectivity index (χ0) is 15.0. The van der Waals surface area contributed by atoms with Crippen LogP contribution in [0.4, 0.5) is 5.69 Å². The molecule has 0 unspecified atom stereocenters. The minimum absolute atomic E-state index is 1.01. The summed E-state index contributed by atoms with van der Waals surface area (Å²) in [5.74, 6) is 0. The number of rotatable bonds is 0. The topological polar surface area (TPSA) is 12.0 Å². The standard InChI is InChI=1S/C19H23NS/c1-14-12-13-19-17(15(14)2)10-7-9-16-8-5-6-11-18(16)20-21(19,3)4/h5-9,11-13,20H,10H2,1-4H3/b9-7-. The SMILES string of the molecule is Cc1ccc2c(c1C)C/C=C\c1ccccc1NS2(C)C. The number of hydrogen-bond acceptors (Lipinski definition) is 1. The highest BCUT2D eigenvalue weighted by atomic mass is 32.3. The first kappa shape index (κ1) is 14.3. The van der Waals surface area contributed by atoms with Crippen molar-refractivity contribution in [3.63, 3.8) is 0 Å². The third-order valence-electron chi connectivity index (χ3n) is 4.32. The van der Waals surface area contributed by atoms with Crippen molar-refractivity contribution in [3.8, 4) is 0 Å². The maximum Gasteiger partial charge on any atom is 0.0502 e. The fourth-order valence-electron chi connectivity index (χ4n) is 2.95. The van der Waals surface area contributed by atoms with E-state index in [0.717, 1.165) is 6.42 Å². The van der Waals surface area contributed by atoms with Gasteiger partial charge in [0.1, 0.15) is 0 Å². The molecule has 0 bridgehead atoms. The first-order chi connectivity index (χ1) is 9.99. The van der Waals surface area contributed by atoms with Crippen LogP contribution >= 0.6 is 10.2 Å². The van der Waals surface area contributed by atoms with E-state index in [1.807, 2.05) is 0 Å². The minimum atomic E-state index is -1.07. The van der Waals surface area contributed by atoms with E-state index in [9.17, 15) is 0 Å². The predicted octanol–water partition coefficient (Wildman–Crippen LogP) is 5.32. The molecule has 0 saturated heterocycles. The molecule has 21 heavy (non-hydrogen) atoms.